The molecular formula is C10H16FN3. The molecule has 0 bridgehead atoms. The lowest BCUT2D eigenvalue weighted by Gasteiger charge is -2.33. The highest BCUT2D eigenvalue weighted by molar-refractivity contribution is 5.25. The summed E-state index contributed by atoms with van der Waals surface area (Å²) in [6, 6.07) is 0. The van der Waals surface area contributed by atoms with E-state index >= 15 is 0 Å². The first kappa shape index (κ1) is 9.52. The van der Waals surface area contributed by atoms with Crippen molar-refractivity contribution in [3.8, 4) is 0 Å². The van der Waals surface area contributed by atoms with Crippen molar-refractivity contribution in [2.45, 2.75) is 0 Å². The van der Waals surface area contributed by atoms with E-state index in [0.717, 1.165) is 31.9 Å². The summed E-state index contributed by atoms with van der Waals surface area (Å²) >= 11 is 0. The predicted molar refractivity (Wildman–Crippen MR) is 54.3 cm³/mol. The van der Waals surface area contributed by atoms with E-state index in [1.165, 1.54) is 0 Å². The molecule has 1 saturated heterocycles. The van der Waals surface area contributed by atoms with Crippen molar-refractivity contribution in [1.29, 1.82) is 0 Å². The van der Waals surface area contributed by atoms with Crippen LogP contribution < -0.4 is 5.32 Å². The van der Waals surface area contributed by atoms with Crippen LogP contribution in [0, 0.1) is 0 Å². The topological polar surface area (TPSA) is 18.5 Å². The highest BCUT2D eigenvalue weighted by Crippen LogP contribution is 2.20. The maximum Gasteiger partial charge on any atom is 0.213 e. The lowest BCUT2D eigenvalue weighted by Crippen LogP contribution is -2.43. The molecule has 0 aromatic carbocycles. The molecule has 2 aliphatic rings. The molecule has 3 nitrogen and oxygen atoms in total. The maximum atomic E-state index is 13.7. The molecule has 2 aliphatic heterocycles. The summed E-state index contributed by atoms with van der Waals surface area (Å²) in [5.74, 6) is -0.102. The summed E-state index contributed by atoms with van der Waals surface area (Å²) in [4.78, 5) is 3.73. The van der Waals surface area contributed by atoms with Crippen molar-refractivity contribution in [2.24, 2.45) is 0 Å². The third-order valence-electron chi connectivity index (χ3n) is 2.66. The summed E-state index contributed by atoms with van der Waals surface area (Å²) in [5, 5.41) is 3.26. The van der Waals surface area contributed by atoms with Gasteiger partial charge < -0.3 is 15.1 Å². The van der Waals surface area contributed by atoms with Gasteiger partial charge in [-0.1, -0.05) is 6.08 Å². The van der Waals surface area contributed by atoms with Crippen LogP contribution in [0.4, 0.5) is 4.39 Å². The fraction of sp³-hybridized carbons (Fsp3) is 0.600. The maximum absolute atomic E-state index is 13.7. The summed E-state index contributed by atoms with van der Waals surface area (Å²) in [6.07, 6.45) is 3.89. The summed E-state index contributed by atoms with van der Waals surface area (Å²) in [7, 11) is 1.78. The van der Waals surface area contributed by atoms with Crippen LogP contribution in [-0.2, 0) is 0 Å². The molecule has 0 amide bonds. The van der Waals surface area contributed by atoms with Crippen LogP contribution in [0.15, 0.2) is 23.8 Å². The Morgan fingerprint density at radius 1 is 1.36 bits per heavy atom. The number of hydrogen-bond donors (Lipinski definition) is 1. The Labute approximate surface area is 83.9 Å². The summed E-state index contributed by atoms with van der Waals surface area (Å²) in [6.45, 7) is 4.33. The van der Waals surface area contributed by atoms with Gasteiger partial charge in [0.05, 0.1) is 5.70 Å². The number of likely N-dealkylation sites (N-methyl/N-ethyl adjacent to an activating group) is 1. The van der Waals surface area contributed by atoms with Crippen LogP contribution in [0.3, 0.4) is 0 Å². The van der Waals surface area contributed by atoms with Gasteiger partial charge >= 0.3 is 0 Å². The van der Waals surface area contributed by atoms with Crippen molar-refractivity contribution in [1.82, 2.24) is 15.1 Å². The van der Waals surface area contributed by atoms with E-state index in [-0.39, 0.29) is 5.95 Å². The molecule has 0 unspecified atom stereocenters. The molecule has 0 aromatic heterocycles. The summed E-state index contributed by atoms with van der Waals surface area (Å²) < 4.78 is 13.7. The van der Waals surface area contributed by atoms with Crippen molar-refractivity contribution in [3.63, 3.8) is 0 Å². The lowest BCUT2D eigenvalue weighted by atomic mass is 10.2. The predicted octanol–water partition coefficient (Wildman–Crippen LogP) is 0.532. The van der Waals surface area contributed by atoms with Gasteiger partial charge in [-0.25, -0.2) is 0 Å². The molecule has 0 spiro atoms. The zero-order valence-corrected chi connectivity index (χ0v) is 8.46. The second-order valence-electron chi connectivity index (χ2n) is 3.70. The Balaban J connectivity index is 2.14. The van der Waals surface area contributed by atoms with Gasteiger partial charge in [-0.3, -0.25) is 0 Å². The van der Waals surface area contributed by atoms with Crippen molar-refractivity contribution >= 4 is 0 Å². The molecule has 14 heavy (non-hydrogen) atoms. The molecule has 0 aliphatic carbocycles. The SMILES string of the molecule is CN1CC=CC(N2CCNCC2)=C1F. The van der Waals surface area contributed by atoms with E-state index in [1.54, 1.807) is 11.9 Å². The van der Waals surface area contributed by atoms with E-state index in [1.807, 2.05) is 12.2 Å². The minimum atomic E-state index is -0.102. The summed E-state index contributed by atoms with van der Waals surface area (Å²) in [5.41, 5.74) is 0.736. The second kappa shape index (κ2) is 4.00. The van der Waals surface area contributed by atoms with Gasteiger partial charge in [-0.2, -0.15) is 4.39 Å². The van der Waals surface area contributed by atoms with Gasteiger partial charge in [0.15, 0.2) is 0 Å². The van der Waals surface area contributed by atoms with Gasteiger partial charge in [0.25, 0.3) is 0 Å². The molecule has 0 radical (unpaired) electrons. The molecule has 1 N–H and O–H groups in total. The van der Waals surface area contributed by atoms with Gasteiger partial charge in [0, 0.05) is 39.8 Å². The highest BCUT2D eigenvalue weighted by Gasteiger charge is 2.19. The van der Waals surface area contributed by atoms with Crippen LogP contribution in [0.2, 0.25) is 0 Å². The molecular weight excluding hydrogens is 181 g/mol. The van der Waals surface area contributed by atoms with Gasteiger partial charge in [-0.05, 0) is 6.08 Å². The average Bonchev–Trinajstić information content (AvgIpc) is 2.23. The Bertz CT molecular complexity index is 267. The number of nitrogens with one attached hydrogen (secondary N) is 1. The van der Waals surface area contributed by atoms with E-state index in [4.69, 9.17) is 0 Å². The molecule has 78 valence electrons. The normalized spacial score (nSPS) is 23.3. The van der Waals surface area contributed by atoms with Crippen LogP contribution in [0.25, 0.3) is 0 Å². The van der Waals surface area contributed by atoms with Crippen molar-refractivity contribution < 1.29 is 4.39 Å². The van der Waals surface area contributed by atoms with E-state index in [9.17, 15) is 4.39 Å². The number of rotatable bonds is 1. The molecule has 0 aromatic rings. The smallest absolute Gasteiger partial charge is 0.213 e. The number of nitrogens with zero attached hydrogens (tertiary/aromatic N) is 2. The molecule has 2 heterocycles. The Morgan fingerprint density at radius 2 is 2.07 bits per heavy atom. The lowest BCUT2D eigenvalue weighted by molar-refractivity contribution is 0.259. The first-order chi connectivity index (χ1) is 6.79. The zero-order chi connectivity index (χ0) is 9.97. The quantitative estimate of drug-likeness (QED) is 0.619. The van der Waals surface area contributed by atoms with E-state index in [2.05, 4.69) is 10.2 Å². The Kier molecular flexibility index (Phi) is 2.72. The monoisotopic (exact) mass is 197 g/mol. The third-order valence-corrected chi connectivity index (χ3v) is 2.66. The largest absolute Gasteiger partial charge is 0.365 e. The number of halogens is 1. The molecule has 2 rings (SSSR count). The van der Waals surface area contributed by atoms with Crippen LogP contribution >= 0.6 is 0 Å². The van der Waals surface area contributed by atoms with Crippen LogP contribution in [0.1, 0.15) is 0 Å². The molecule has 4 heteroatoms. The van der Waals surface area contributed by atoms with E-state index in [0.29, 0.717) is 6.54 Å². The van der Waals surface area contributed by atoms with E-state index < -0.39 is 0 Å². The first-order valence-corrected chi connectivity index (χ1v) is 5.02. The molecule has 0 atom stereocenters. The average molecular weight is 197 g/mol. The van der Waals surface area contributed by atoms with Crippen molar-refractivity contribution in [3.05, 3.63) is 23.8 Å². The minimum Gasteiger partial charge on any atom is -0.365 e. The Hall–Kier alpha value is -1.03. The van der Waals surface area contributed by atoms with Gasteiger partial charge in [0.1, 0.15) is 0 Å². The third kappa shape index (κ3) is 1.75. The highest BCUT2D eigenvalue weighted by atomic mass is 19.1. The van der Waals surface area contributed by atoms with Gasteiger partial charge in [0.2, 0.25) is 5.95 Å². The minimum absolute atomic E-state index is 0.102. The number of allylic oxidation sites excluding steroid dienone is 1. The Morgan fingerprint density at radius 3 is 2.79 bits per heavy atom. The first-order valence-electron chi connectivity index (χ1n) is 5.02. The molecule has 1 fully saturated rings. The van der Waals surface area contributed by atoms with Crippen LogP contribution in [-0.4, -0.2) is 49.6 Å². The van der Waals surface area contributed by atoms with Crippen molar-refractivity contribution in [2.75, 3.05) is 39.8 Å². The van der Waals surface area contributed by atoms with Crippen LogP contribution in [0.5, 0.6) is 0 Å². The zero-order valence-electron chi connectivity index (χ0n) is 8.46. The fourth-order valence-corrected chi connectivity index (χ4v) is 1.81. The second-order valence-corrected chi connectivity index (χ2v) is 3.70. The number of hydrogen-bond acceptors (Lipinski definition) is 3. The molecule has 0 saturated carbocycles. The fourth-order valence-electron chi connectivity index (χ4n) is 1.81. The van der Waals surface area contributed by atoms with Gasteiger partial charge in [-0.15, -0.1) is 0 Å². The number of piperazine rings is 1. The standard InChI is InChI=1S/C10H16FN3/c1-13-6-2-3-9(10(13)11)14-7-4-12-5-8-14/h2-3,12H,4-8H2,1H3.